The van der Waals surface area contributed by atoms with Crippen LogP contribution in [0.3, 0.4) is 0 Å². The van der Waals surface area contributed by atoms with Gasteiger partial charge in [-0.3, -0.25) is 9.36 Å². The number of hydrogen-bond donors (Lipinski definition) is 2. The van der Waals surface area contributed by atoms with E-state index in [-0.39, 0.29) is 22.0 Å². The van der Waals surface area contributed by atoms with Crippen molar-refractivity contribution in [2.45, 2.75) is 64.3 Å². The number of halogens is 3. The Labute approximate surface area is 207 Å². The van der Waals surface area contributed by atoms with Crippen molar-refractivity contribution < 1.29 is 9.18 Å². The molecular formula is C24H27Cl2FN6O. The lowest BCUT2D eigenvalue weighted by atomic mass is 9.73. The van der Waals surface area contributed by atoms with Crippen molar-refractivity contribution in [2.75, 3.05) is 5.32 Å². The fourth-order valence-corrected chi connectivity index (χ4v) is 5.49. The molecule has 7 nitrogen and oxygen atoms in total. The van der Waals surface area contributed by atoms with Crippen LogP contribution in [0.2, 0.25) is 10.0 Å². The summed E-state index contributed by atoms with van der Waals surface area (Å²) in [5.41, 5.74) is 6.91. The third kappa shape index (κ3) is 4.33. The molecule has 0 unspecified atom stereocenters. The molecule has 3 aromatic rings. The van der Waals surface area contributed by atoms with E-state index >= 15 is 0 Å². The molecule has 2 heterocycles. The molecule has 0 bridgehead atoms. The standard InChI is InChI=1S/C24H27Cl2FN6O/c1-24(22(28)34)7-5-15(6-8-24)33-21-18(12-29-19(31-21)9-13-3-2-4-13)30-23(33)32-20-16(25)10-14(27)11-17(20)26/h10-13,15H,2-9H2,1H3,(H2,28,34)(H,30,32). The van der Waals surface area contributed by atoms with Gasteiger partial charge in [-0.1, -0.05) is 49.4 Å². The second-order valence-corrected chi connectivity index (χ2v) is 10.6. The van der Waals surface area contributed by atoms with E-state index in [9.17, 15) is 9.18 Å². The number of benzene rings is 1. The molecular weight excluding hydrogens is 478 g/mol. The molecule has 2 saturated carbocycles. The first kappa shape index (κ1) is 23.3. The molecule has 10 heteroatoms. The lowest BCUT2D eigenvalue weighted by Crippen LogP contribution is -2.38. The van der Waals surface area contributed by atoms with Crippen LogP contribution >= 0.6 is 23.2 Å². The van der Waals surface area contributed by atoms with Crippen LogP contribution in [0, 0.1) is 17.2 Å². The second-order valence-electron chi connectivity index (χ2n) is 9.83. The molecule has 2 aromatic heterocycles. The maximum absolute atomic E-state index is 13.7. The highest BCUT2D eigenvalue weighted by Gasteiger charge is 2.37. The van der Waals surface area contributed by atoms with Gasteiger partial charge in [0.25, 0.3) is 0 Å². The molecule has 2 aliphatic carbocycles. The summed E-state index contributed by atoms with van der Waals surface area (Å²) in [5.74, 6) is 1.16. The minimum atomic E-state index is -0.519. The van der Waals surface area contributed by atoms with E-state index in [0.717, 1.165) is 30.7 Å². The minimum absolute atomic E-state index is 0.0457. The zero-order chi connectivity index (χ0) is 24.0. The topological polar surface area (TPSA) is 98.7 Å². The average Bonchev–Trinajstić information content (AvgIpc) is 3.11. The van der Waals surface area contributed by atoms with Gasteiger partial charge in [0.1, 0.15) is 17.2 Å². The van der Waals surface area contributed by atoms with Gasteiger partial charge in [-0.25, -0.2) is 19.3 Å². The summed E-state index contributed by atoms with van der Waals surface area (Å²) >= 11 is 12.6. The SMILES string of the molecule is CC1(C(N)=O)CCC(n2c(Nc3c(Cl)cc(F)cc3Cl)nc3cnc(CC4CCC4)nc32)CC1. The Balaban J connectivity index is 1.55. The van der Waals surface area contributed by atoms with E-state index < -0.39 is 11.2 Å². The number of imidazole rings is 1. The van der Waals surface area contributed by atoms with Gasteiger partial charge in [0.2, 0.25) is 11.9 Å². The van der Waals surface area contributed by atoms with Crippen molar-refractivity contribution in [3.8, 4) is 0 Å². The van der Waals surface area contributed by atoms with Gasteiger partial charge >= 0.3 is 0 Å². The van der Waals surface area contributed by atoms with E-state index in [4.69, 9.17) is 38.9 Å². The fourth-order valence-electron chi connectivity index (χ4n) is 4.93. The Bertz CT molecular complexity index is 1230. The summed E-state index contributed by atoms with van der Waals surface area (Å²) in [7, 11) is 0. The number of carbonyl (C=O) groups is 1. The molecule has 0 radical (unpaired) electrons. The number of fused-ring (bicyclic) bond motifs is 1. The molecule has 180 valence electrons. The highest BCUT2D eigenvalue weighted by molar-refractivity contribution is 6.39. The number of aromatic nitrogens is 4. The van der Waals surface area contributed by atoms with Gasteiger partial charge in [0.15, 0.2) is 5.65 Å². The fraction of sp³-hybridized carbons (Fsp3) is 0.500. The molecule has 0 saturated heterocycles. The Hall–Kier alpha value is -2.45. The number of rotatable bonds is 6. The van der Waals surface area contributed by atoms with Crippen molar-refractivity contribution in [1.29, 1.82) is 0 Å². The molecule has 1 aromatic carbocycles. The van der Waals surface area contributed by atoms with Crippen molar-refractivity contribution in [2.24, 2.45) is 17.1 Å². The minimum Gasteiger partial charge on any atom is -0.369 e. The predicted octanol–water partition coefficient (Wildman–Crippen LogP) is 5.97. The molecule has 0 spiro atoms. The monoisotopic (exact) mass is 504 g/mol. The van der Waals surface area contributed by atoms with Crippen LogP contribution in [-0.2, 0) is 11.2 Å². The molecule has 0 aliphatic heterocycles. The van der Waals surface area contributed by atoms with Crippen LogP contribution in [-0.4, -0.2) is 25.4 Å². The molecule has 5 rings (SSSR count). The maximum atomic E-state index is 13.7. The predicted molar refractivity (Wildman–Crippen MR) is 131 cm³/mol. The van der Waals surface area contributed by atoms with Crippen LogP contribution in [0.15, 0.2) is 18.3 Å². The number of carbonyl (C=O) groups excluding carboxylic acids is 1. The van der Waals surface area contributed by atoms with Crippen LogP contribution in [0.25, 0.3) is 11.2 Å². The highest BCUT2D eigenvalue weighted by Crippen LogP contribution is 2.43. The first-order valence-electron chi connectivity index (χ1n) is 11.7. The van der Waals surface area contributed by atoms with Crippen LogP contribution < -0.4 is 11.1 Å². The Morgan fingerprint density at radius 1 is 1.21 bits per heavy atom. The van der Waals surface area contributed by atoms with Gasteiger partial charge in [-0.15, -0.1) is 0 Å². The van der Waals surface area contributed by atoms with Crippen LogP contribution in [0.1, 0.15) is 63.7 Å². The van der Waals surface area contributed by atoms with Gasteiger partial charge in [0.05, 0.1) is 21.9 Å². The lowest BCUT2D eigenvalue weighted by molar-refractivity contribution is -0.128. The van der Waals surface area contributed by atoms with Gasteiger partial charge in [-0.2, -0.15) is 0 Å². The Morgan fingerprint density at radius 2 is 1.88 bits per heavy atom. The van der Waals surface area contributed by atoms with Crippen molar-refractivity contribution in [1.82, 2.24) is 19.5 Å². The molecule has 34 heavy (non-hydrogen) atoms. The molecule has 2 fully saturated rings. The number of primary amides is 1. The summed E-state index contributed by atoms with van der Waals surface area (Å²) < 4.78 is 15.8. The van der Waals surface area contributed by atoms with Crippen LogP contribution in [0.4, 0.5) is 16.0 Å². The third-order valence-corrected chi connectivity index (χ3v) is 8.04. The summed E-state index contributed by atoms with van der Waals surface area (Å²) in [4.78, 5) is 26.2. The normalized spacial score (nSPS) is 23.1. The quantitative estimate of drug-likeness (QED) is 0.431. The third-order valence-electron chi connectivity index (χ3n) is 7.44. The zero-order valence-electron chi connectivity index (χ0n) is 19.0. The van der Waals surface area contributed by atoms with E-state index in [1.807, 2.05) is 6.92 Å². The lowest BCUT2D eigenvalue weighted by Gasteiger charge is -2.35. The smallest absolute Gasteiger partial charge is 0.223 e. The number of amides is 1. The summed E-state index contributed by atoms with van der Waals surface area (Å²) in [5, 5.41) is 3.53. The Morgan fingerprint density at radius 3 is 2.47 bits per heavy atom. The summed E-state index contributed by atoms with van der Waals surface area (Å²) in [6, 6.07) is 2.46. The molecule has 1 amide bonds. The maximum Gasteiger partial charge on any atom is 0.223 e. The van der Waals surface area contributed by atoms with E-state index in [0.29, 0.717) is 35.9 Å². The number of nitrogens with two attached hydrogens (primary N) is 1. The van der Waals surface area contributed by atoms with E-state index in [2.05, 4.69) is 14.9 Å². The molecule has 0 atom stereocenters. The van der Waals surface area contributed by atoms with Crippen molar-refractivity contribution in [3.63, 3.8) is 0 Å². The first-order chi connectivity index (χ1) is 16.2. The first-order valence-corrected chi connectivity index (χ1v) is 12.4. The van der Waals surface area contributed by atoms with Gasteiger partial charge < -0.3 is 11.1 Å². The number of hydrogen-bond acceptors (Lipinski definition) is 5. The van der Waals surface area contributed by atoms with Gasteiger partial charge in [0, 0.05) is 17.9 Å². The van der Waals surface area contributed by atoms with Crippen molar-refractivity contribution in [3.05, 3.63) is 40.0 Å². The number of nitrogens with one attached hydrogen (secondary N) is 1. The van der Waals surface area contributed by atoms with Crippen LogP contribution in [0.5, 0.6) is 0 Å². The van der Waals surface area contributed by atoms with E-state index in [1.165, 1.54) is 31.4 Å². The second kappa shape index (κ2) is 8.96. The summed E-state index contributed by atoms with van der Waals surface area (Å²) in [6.45, 7) is 1.92. The Kier molecular flexibility index (Phi) is 6.14. The largest absolute Gasteiger partial charge is 0.369 e. The van der Waals surface area contributed by atoms with E-state index in [1.54, 1.807) is 6.20 Å². The van der Waals surface area contributed by atoms with Gasteiger partial charge in [-0.05, 0) is 43.7 Å². The number of anilines is 2. The van der Waals surface area contributed by atoms with Crippen molar-refractivity contribution >= 4 is 51.9 Å². The zero-order valence-corrected chi connectivity index (χ0v) is 20.5. The molecule has 3 N–H and O–H groups in total. The highest BCUT2D eigenvalue weighted by atomic mass is 35.5. The average molecular weight is 505 g/mol. The number of nitrogens with zero attached hydrogens (tertiary/aromatic N) is 4. The molecule has 2 aliphatic rings. The summed E-state index contributed by atoms with van der Waals surface area (Å²) in [6.07, 6.45) is 9.12.